The van der Waals surface area contributed by atoms with Gasteiger partial charge in [0.2, 0.25) is 5.91 Å². The summed E-state index contributed by atoms with van der Waals surface area (Å²) in [6.45, 7) is 5.04. The van der Waals surface area contributed by atoms with E-state index in [9.17, 15) is 9.59 Å². The number of rotatable bonds is 7. The number of unbranched alkanes of at least 4 members (excludes halogenated alkanes) is 1. The highest BCUT2D eigenvalue weighted by Crippen LogP contribution is 2.07. The number of ether oxygens (including phenoxy) is 1. The average molecular weight is 372 g/mol. The van der Waals surface area contributed by atoms with E-state index in [1.165, 1.54) is 4.68 Å². The Morgan fingerprint density at radius 1 is 1.19 bits per heavy atom. The number of carbonyl (C=O) groups is 1. The maximum absolute atomic E-state index is 12.9. The van der Waals surface area contributed by atoms with Gasteiger partial charge in [-0.2, -0.15) is 5.10 Å². The van der Waals surface area contributed by atoms with E-state index in [0.717, 1.165) is 37.1 Å². The number of carbonyl (C=O) groups excluding carboxylic acids is 1. The van der Waals surface area contributed by atoms with E-state index in [-0.39, 0.29) is 18.1 Å². The first-order chi connectivity index (χ1) is 13.2. The van der Waals surface area contributed by atoms with Crippen LogP contribution in [-0.2, 0) is 29.0 Å². The molecule has 1 fully saturated rings. The van der Waals surface area contributed by atoms with E-state index in [2.05, 4.69) is 12.0 Å². The Morgan fingerprint density at radius 3 is 2.78 bits per heavy atom. The van der Waals surface area contributed by atoms with Gasteiger partial charge in [0.25, 0.3) is 0 Å². The first-order valence-electron chi connectivity index (χ1n) is 9.75. The van der Waals surface area contributed by atoms with E-state index in [4.69, 9.17) is 4.74 Å². The highest BCUT2D eigenvalue weighted by molar-refractivity contribution is 5.75. The Hall–Kier alpha value is -2.41. The highest BCUT2D eigenvalue weighted by Gasteiger charge is 2.20. The molecule has 0 radical (unpaired) electrons. The van der Waals surface area contributed by atoms with E-state index in [1.54, 1.807) is 9.47 Å². The van der Waals surface area contributed by atoms with E-state index >= 15 is 0 Å². The lowest BCUT2D eigenvalue weighted by atomic mass is 10.2. The number of hydrogen-bond acceptors (Lipinski definition) is 4. The molecule has 0 bridgehead atoms. The van der Waals surface area contributed by atoms with Gasteiger partial charge in [-0.25, -0.2) is 9.48 Å². The van der Waals surface area contributed by atoms with Crippen molar-refractivity contribution in [1.29, 1.82) is 0 Å². The van der Waals surface area contributed by atoms with Crippen LogP contribution >= 0.6 is 0 Å². The number of aryl methyl sites for hydroxylation is 1. The third-order valence-corrected chi connectivity index (χ3v) is 4.80. The molecule has 0 atom stereocenters. The summed E-state index contributed by atoms with van der Waals surface area (Å²) in [7, 11) is 0. The minimum absolute atomic E-state index is 0.0141. The van der Waals surface area contributed by atoms with Gasteiger partial charge in [-0.05, 0) is 18.4 Å². The maximum atomic E-state index is 12.9. The predicted octanol–water partition coefficient (Wildman–Crippen LogP) is 1.68. The smallest absolute Gasteiger partial charge is 0.346 e. The summed E-state index contributed by atoms with van der Waals surface area (Å²) in [5.41, 5.74) is 0.831. The van der Waals surface area contributed by atoms with Gasteiger partial charge in [0.1, 0.15) is 12.4 Å². The molecule has 146 valence electrons. The zero-order chi connectivity index (χ0) is 19.1. The lowest BCUT2D eigenvalue weighted by molar-refractivity contribution is -0.132. The van der Waals surface area contributed by atoms with Crippen molar-refractivity contribution >= 4 is 5.91 Å². The van der Waals surface area contributed by atoms with Gasteiger partial charge in [-0.3, -0.25) is 9.36 Å². The summed E-state index contributed by atoms with van der Waals surface area (Å²) >= 11 is 0. The van der Waals surface area contributed by atoms with Crippen molar-refractivity contribution in [3.8, 4) is 0 Å². The molecule has 0 unspecified atom stereocenters. The molecule has 0 saturated carbocycles. The Bertz CT molecular complexity index is 789. The fourth-order valence-electron chi connectivity index (χ4n) is 3.26. The van der Waals surface area contributed by atoms with Gasteiger partial charge in [0.15, 0.2) is 0 Å². The van der Waals surface area contributed by atoms with Crippen LogP contribution in [0.5, 0.6) is 0 Å². The summed E-state index contributed by atoms with van der Waals surface area (Å²) in [5, 5.41) is 4.49. The number of hydrogen-bond donors (Lipinski definition) is 0. The zero-order valence-electron chi connectivity index (χ0n) is 16.0. The van der Waals surface area contributed by atoms with Crippen molar-refractivity contribution in [2.24, 2.45) is 0 Å². The summed E-state index contributed by atoms with van der Waals surface area (Å²) in [5.74, 6) is 0.673. The van der Waals surface area contributed by atoms with E-state index in [1.807, 2.05) is 30.3 Å². The predicted molar refractivity (Wildman–Crippen MR) is 103 cm³/mol. The van der Waals surface area contributed by atoms with Crippen molar-refractivity contribution in [3.05, 3.63) is 52.2 Å². The highest BCUT2D eigenvalue weighted by atomic mass is 16.5. The number of benzene rings is 1. The molecule has 0 N–H and O–H groups in total. The fourth-order valence-corrected chi connectivity index (χ4v) is 3.26. The number of amides is 1. The first kappa shape index (κ1) is 19.4. The second-order valence-corrected chi connectivity index (χ2v) is 6.88. The van der Waals surface area contributed by atoms with Crippen LogP contribution in [0.1, 0.15) is 37.6 Å². The minimum Gasteiger partial charge on any atom is -0.380 e. The van der Waals surface area contributed by atoms with Crippen LogP contribution < -0.4 is 5.69 Å². The second kappa shape index (κ2) is 9.50. The van der Waals surface area contributed by atoms with Gasteiger partial charge < -0.3 is 9.64 Å². The van der Waals surface area contributed by atoms with Crippen molar-refractivity contribution in [3.63, 3.8) is 0 Å². The molecule has 2 aromatic rings. The van der Waals surface area contributed by atoms with E-state index in [0.29, 0.717) is 32.8 Å². The van der Waals surface area contributed by atoms with Crippen molar-refractivity contribution in [2.75, 3.05) is 26.3 Å². The van der Waals surface area contributed by atoms with Gasteiger partial charge >= 0.3 is 5.69 Å². The SMILES string of the molecule is CCCCc1nn(CC(=O)N2CCCOCC2)c(=O)n1Cc1ccccc1. The van der Waals surface area contributed by atoms with Crippen LogP contribution in [0.2, 0.25) is 0 Å². The van der Waals surface area contributed by atoms with Crippen LogP contribution in [0.3, 0.4) is 0 Å². The number of nitrogens with zero attached hydrogens (tertiary/aromatic N) is 4. The molecule has 1 amide bonds. The van der Waals surface area contributed by atoms with Gasteiger partial charge in [-0.1, -0.05) is 43.7 Å². The molecule has 3 rings (SSSR count). The van der Waals surface area contributed by atoms with E-state index < -0.39 is 0 Å². The second-order valence-electron chi connectivity index (χ2n) is 6.88. The van der Waals surface area contributed by atoms with Crippen LogP contribution in [0.4, 0.5) is 0 Å². The summed E-state index contributed by atoms with van der Waals surface area (Å²) in [6.07, 6.45) is 3.55. The van der Waals surface area contributed by atoms with Gasteiger partial charge in [0.05, 0.1) is 13.2 Å². The Morgan fingerprint density at radius 2 is 2.00 bits per heavy atom. The van der Waals surface area contributed by atoms with Crippen molar-refractivity contribution in [1.82, 2.24) is 19.2 Å². The largest absolute Gasteiger partial charge is 0.380 e. The van der Waals surface area contributed by atoms with Crippen LogP contribution in [0, 0.1) is 0 Å². The lowest BCUT2D eigenvalue weighted by Gasteiger charge is -2.19. The van der Waals surface area contributed by atoms with Crippen LogP contribution in [-0.4, -0.2) is 51.5 Å². The van der Waals surface area contributed by atoms with Crippen LogP contribution in [0.15, 0.2) is 35.1 Å². The molecule has 1 aromatic carbocycles. The topological polar surface area (TPSA) is 69.4 Å². The zero-order valence-corrected chi connectivity index (χ0v) is 16.0. The molecule has 0 aliphatic carbocycles. The molecule has 1 aliphatic heterocycles. The average Bonchev–Trinajstić information content (AvgIpc) is 2.88. The Balaban J connectivity index is 1.80. The van der Waals surface area contributed by atoms with Gasteiger partial charge in [0, 0.05) is 26.1 Å². The maximum Gasteiger partial charge on any atom is 0.346 e. The Kier molecular flexibility index (Phi) is 6.81. The fraction of sp³-hybridized carbons (Fsp3) is 0.550. The van der Waals surface area contributed by atoms with Crippen molar-refractivity contribution in [2.45, 2.75) is 45.7 Å². The molecular weight excluding hydrogens is 344 g/mol. The Labute approximate surface area is 159 Å². The lowest BCUT2D eigenvalue weighted by Crippen LogP contribution is -2.38. The minimum atomic E-state index is -0.218. The molecule has 1 aromatic heterocycles. The number of aromatic nitrogens is 3. The van der Waals surface area contributed by atoms with Crippen molar-refractivity contribution < 1.29 is 9.53 Å². The molecular formula is C20H28N4O3. The normalized spacial score (nSPS) is 14.9. The standard InChI is InChI=1S/C20H28N4O3/c1-2-3-10-18-21-24(16-19(25)22-11-7-13-27-14-12-22)20(26)23(18)15-17-8-5-4-6-9-17/h4-6,8-9H,2-3,7,10-16H2,1H3. The summed E-state index contributed by atoms with van der Waals surface area (Å²) in [4.78, 5) is 27.3. The monoisotopic (exact) mass is 372 g/mol. The summed E-state index contributed by atoms with van der Waals surface area (Å²) in [6, 6.07) is 9.87. The third kappa shape index (κ3) is 5.07. The molecule has 7 heteroatoms. The molecule has 1 aliphatic rings. The molecule has 2 heterocycles. The molecule has 27 heavy (non-hydrogen) atoms. The quantitative estimate of drug-likeness (QED) is 0.742. The molecule has 7 nitrogen and oxygen atoms in total. The first-order valence-corrected chi connectivity index (χ1v) is 9.75. The molecule has 0 spiro atoms. The summed E-state index contributed by atoms with van der Waals surface area (Å²) < 4.78 is 8.42. The third-order valence-electron chi connectivity index (χ3n) is 4.80. The van der Waals surface area contributed by atoms with Crippen LogP contribution in [0.25, 0.3) is 0 Å². The van der Waals surface area contributed by atoms with Gasteiger partial charge in [-0.15, -0.1) is 0 Å². The molecule has 1 saturated heterocycles.